The standard InChI is InChI=1S/C33H44BN2O4/c1-19(2)23-13-11-14-24(20(3)4)29(23)35-17-18-36(30-25(21(5)6)15-12-16-26(30)22(7)8)33(35)34-27(31(37)39-9)28(34)32(38)40-10/h11-22,27-28H,1-10H3/q+1/t27-,28-/m0/s1. The molecule has 40 heavy (non-hydrogen) atoms. The third-order valence-electron chi connectivity index (χ3n) is 8.29. The zero-order valence-electron chi connectivity index (χ0n) is 25.7. The number of hydrogen-bond donors (Lipinski definition) is 0. The summed E-state index contributed by atoms with van der Waals surface area (Å²) < 4.78 is 14.9. The van der Waals surface area contributed by atoms with Crippen LogP contribution in [0.1, 0.15) is 101 Å². The van der Waals surface area contributed by atoms with Crippen LogP contribution in [0.3, 0.4) is 0 Å². The van der Waals surface area contributed by atoms with Crippen molar-refractivity contribution in [2.75, 3.05) is 14.2 Å². The maximum Gasteiger partial charge on any atom is 0.314 e. The molecule has 212 valence electrons. The lowest BCUT2D eigenvalue weighted by molar-refractivity contribution is -0.577. The van der Waals surface area contributed by atoms with Crippen LogP contribution in [0.4, 0.5) is 0 Å². The van der Waals surface area contributed by atoms with Crippen LogP contribution in [0.25, 0.3) is 11.4 Å². The highest BCUT2D eigenvalue weighted by Crippen LogP contribution is 2.51. The normalized spacial score (nSPS) is 16.8. The van der Waals surface area contributed by atoms with Crippen molar-refractivity contribution < 1.29 is 23.6 Å². The second-order valence-electron chi connectivity index (χ2n) is 12.2. The van der Waals surface area contributed by atoms with Gasteiger partial charge in [-0.05, 0) is 23.7 Å². The molecule has 1 aliphatic rings. The van der Waals surface area contributed by atoms with E-state index in [-0.39, 0.29) is 35.6 Å². The topological polar surface area (TPSA) is 61.4 Å². The van der Waals surface area contributed by atoms with E-state index in [1.165, 1.54) is 36.5 Å². The van der Waals surface area contributed by atoms with Crippen molar-refractivity contribution >= 4 is 24.4 Å². The van der Waals surface area contributed by atoms with Crippen LogP contribution >= 0.6 is 0 Å². The average Bonchev–Trinajstić information content (AvgIpc) is 3.52. The van der Waals surface area contributed by atoms with E-state index >= 15 is 0 Å². The summed E-state index contributed by atoms with van der Waals surface area (Å²) in [7, 11) is 2.77. The molecule has 1 fully saturated rings. The maximum absolute atomic E-state index is 13.1. The summed E-state index contributed by atoms with van der Waals surface area (Å²) >= 11 is 0. The summed E-state index contributed by atoms with van der Waals surface area (Å²) in [5, 5.41) is 0. The van der Waals surface area contributed by atoms with E-state index in [0.29, 0.717) is 0 Å². The van der Waals surface area contributed by atoms with Gasteiger partial charge >= 0.3 is 18.7 Å². The predicted octanol–water partition coefficient (Wildman–Crippen LogP) is 6.05. The minimum atomic E-state index is -0.611. The number of hydrogen-bond acceptors (Lipinski definition) is 4. The van der Waals surface area contributed by atoms with Crippen molar-refractivity contribution in [3.05, 3.63) is 71.0 Å². The molecule has 0 radical (unpaired) electrons. The zero-order valence-corrected chi connectivity index (χ0v) is 25.7. The average molecular weight is 544 g/mol. The molecule has 2 atom stereocenters. The molecular formula is C33H44BN2O4+. The van der Waals surface area contributed by atoms with Gasteiger partial charge in [0.05, 0.1) is 25.9 Å². The van der Waals surface area contributed by atoms with Crippen molar-refractivity contribution in [3.8, 4) is 11.4 Å². The van der Waals surface area contributed by atoms with Gasteiger partial charge in [0.2, 0.25) is 5.72 Å². The van der Waals surface area contributed by atoms with Crippen LogP contribution in [0.15, 0.2) is 48.8 Å². The zero-order chi connectivity index (χ0) is 29.5. The van der Waals surface area contributed by atoms with Gasteiger partial charge < -0.3 is 9.47 Å². The lowest BCUT2D eigenvalue weighted by Crippen LogP contribution is -2.54. The van der Waals surface area contributed by atoms with Crippen LogP contribution in [-0.2, 0) is 19.1 Å². The molecule has 1 aliphatic heterocycles. The van der Waals surface area contributed by atoms with Gasteiger partial charge in [0.15, 0.2) is 0 Å². The number of carbonyl (C=O) groups is 2. The molecule has 0 bridgehead atoms. The molecule has 0 amide bonds. The first-order valence-corrected chi connectivity index (χ1v) is 14.5. The van der Waals surface area contributed by atoms with Gasteiger partial charge in [0.25, 0.3) is 0 Å². The highest BCUT2D eigenvalue weighted by molar-refractivity contribution is 6.91. The molecular weight excluding hydrogens is 499 g/mol. The van der Waals surface area contributed by atoms with E-state index in [4.69, 9.17) is 9.47 Å². The van der Waals surface area contributed by atoms with Gasteiger partial charge in [-0.15, -0.1) is 0 Å². The molecule has 0 aliphatic carbocycles. The molecule has 4 rings (SSSR count). The predicted molar refractivity (Wildman–Crippen MR) is 161 cm³/mol. The van der Waals surface area contributed by atoms with Gasteiger partial charge in [0.1, 0.15) is 23.8 Å². The Kier molecular flexibility index (Phi) is 8.62. The largest absolute Gasteiger partial charge is 0.469 e. The summed E-state index contributed by atoms with van der Waals surface area (Å²) in [4.78, 5) is 26.1. The van der Waals surface area contributed by atoms with E-state index < -0.39 is 18.3 Å². The molecule has 1 aromatic heterocycles. The number of nitrogens with zero attached hydrogens (tertiary/aromatic N) is 2. The number of ether oxygens (including phenoxy) is 2. The smallest absolute Gasteiger partial charge is 0.314 e. The molecule has 6 nitrogen and oxygen atoms in total. The molecule has 0 N–H and O–H groups in total. The van der Waals surface area contributed by atoms with Crippen LogP contribution in [-0.4, -0.2) is 37.4 Å². The van der Waals surface area contributed by atoms with Crippen LogP contribution in [0, 0.1) is 0 Å². The number of rotatable bonds is 9. The number of methoxy groups -OCH3 is 2. The minimum Gasteiger partial charge on any atom is -0.469 e. The number of esters is 2. The van der Waals surface area contributed by atoms with Crippen LogP contribution in [0.5, 0.6) is 0 Å². The minimum absolute atomic E-state index is 0.276. The SMILES string of the molecule is COC(=O)[C@H]1B(c2n(-c3c(C(C)C)cccc3C(C)C)cc[n+]2-c2c(C(C)C)cccc2C(C)C)[C@@H]1C(=O)OC. The fraction of sp³-hybridized carbons (Fsp3) is 0.485. The van der Waals surface area contributed by atoms with Crippen molar-refractivity contribution in [1.82, 2.24) is 4.57 Å². The molecule has 7 heteroatoms. The fourth-order valence-corrected chi connectivity index (χ4v) is 6.17. The first kappa shape index (κ1) is 29.6. The molecule has 2 aromatic carbocycles. The second kappa shape index (κ2) is 11.6. The summed E-state index contributed by atoms with van der Waals surface area (Å²) in [6, 6.07) is 13.0. The first-order valence-electron chi connectivity index (χ1n) is 14.5. The molecule has 3 aromatic rings. The van der Waals surface area contributed by atoms with Crippen LogP contribution < -0.4 is 10.3 Å². The van der Waals surface area contributed by atoms with Crippen LogP contribution in [0.2, 0.25) is 11.6 Å². The Bertz CT molecular complexity index is 1250. The van der Waals surface area contributed by atoms with Gasteiger partial charge in [-0.3, -0.25) is 9.59 Å². The maximum atomic E-state index is 13.1. The quantitative estimate of drug-likeness (QED) is 0.187. The van der Waals surface area contributed by atoms with Crippen molar-refractivity contribution in [2.45, 2.75) is 90.7 Å². The number of benzene rings is 2. The third-order valence-corrected chi connectivity index (χ3v) is 8.29. The van der Waals surface area contributed by atoms with E-state index in [2.05, 4.69) is 113 Å². The number of aromatic nitrogens is 2. The monoisotopic (exact) mass is 543 g/mol. The van der Waals surface area contributed by atoms with E-state index in [9.17, 15) is 9.59 Å². The Morgan fingerprint density at radius 3 is 1.50 bits per heavy atom. The first-order chi connectivity index (χ1) is 19.0. The number of carbonyl (C=O) groups excluding carboxylic acids is 2. The lowest BCUT2D eigenvalue weighted by atomic mass is 9.63. The molecule has 0 spiro atoms. The molecule has 0 unspecified atom stereocenters. The summed E-state index contributed by atoms with van der Waals surface area (Å²) in [6.45, 7) is 17.2. The Balaban J connectivity index is 2.14. The van der Waals surface area contributed by atoms with Crippen molar-refractivity contribution in [2.24, 2.45) is 0 Å². The van der Waals surface area contributed by atoms with Gasteiger partial charge in [-0.25, -0.2) is 9.13 Å². The Morgan fingerprint density at radius 1 is 0.725 bits per heavy atom. The van der Waals surface area contributed by atoms with Gasteiger partial charge in [-0.2, -0.15) is 0 Å². The second-order valence-corrected chi connectivity index (χ2v) is 12.2. The van der Waals surface area contributed by atoms with E-state index in [1.807, 2.05) is 0 Å². The summed E-state index contributed by atoms with van der Waals surface area (Å²) in [6.07, 6.45) is 4.20. The van der Waals surface area contributed by atoms with Gasteiger partial charge in [0, 0.05) is 22.3 Å². The Morgan fingerprint density at radius 2 is 1.12 bits per heavy atom. The lowest BCUT2D eigenvalue weighted by Gasteiger charge is -2.20. The highest BCUT2D eigenvalue weighted by Gasteiger charge is 2.70. The van der Waals surface area contributed by atoms with E-state index in [1.54, 1.807) is 0 Å². The van der Waals surface area contributed by atoms with Gasteiger partial charge in [-0.1, -0.05) is 91.8 Å². The fourth-order valence-electron chi connectivity index (χ4n) is 6.17. The van der Waals surface area contributed by atoms with E-state index in [0.717, 1.165) is 17.1 Å². The molecule has 0 saturated carbocycles. The summed E-state index contributed by atoms with van der Waals surface area (Å²) in [5.41, 5.74) is 8.03. The Hall–Kier alpha value is -3.35. The number of imidazole rings is 1. The van der Waals surface area contributed by atoms with Crippen molar-refractivity contribution in [1.29, 1.82) is 0 Å². The molecule has 2 heterocycles. The Labute approximate surface area is 239 Å². The summed E-state index contributed by atoms with van der Waals surface area (Å²) in [5.74, 6) is -0.891. The van der Waals surface area contributed by atoms with Crippen molar-refractivity contribution in [3.63, 3.8) is 0 Å². The number of para-hydroxylation sites is 2. The molecule has 1 saturated heterocycles. The highest BCUT2D eigenvalue weighted by atomic mass is 16.5. The third kappa shape index (κ3) is 5.11.